The van der Waals surface area contributed by atoms with Gasteiger partial charge >= 0.3 is 0 Å². The van der Waals surface area contributed by atoms with Crippen molar-refractivity contribution in [2.24, 2.45) is 10.7 Å². The Morgan fingerprint density at radius 2 is 2.10 bits per heavy atom. The maximum absolute atomic E-state index is 13.7. The van der Waals surface area contributed by atoms with Crippen molar-refractivity contribution < 1.29 is 13.9 Å². The molecule has 3 N–H and O–H groups in total. The molecule has 1 aromatic carbocycles. The number of hydrogen-bond acceptors (Lipinski definition) is 3. The molecule has 0 aromatic heterocycles. The van der Waals surface area contributed by atoms with Crippen LogP contribution in [-0.4, -0.2) is 47.1 Å². The number of rotatable bonds is 3. The molecule has 1 fully saturated rings. The van der Waals surface area contributed by atoms with E-state index in [0.717, 1.165) is 36.7 Å². The highest BCUT2D eigenvalue weighted by molar-refractivity contribution is 7.99. The molecule has 0 radical (unpaired) electrons. The summed E-state index contributed by atoms with van der Waals surface area (Å²) in [6.45, 7) is 2.98. The van der Waals surface area contributed by atoms with Gasteiger partial charge in [0.1, 0.15) is 17.2 Å². The Balaban J connectivity index is 2.09. The summed E-state index contributed by atoms with van der Waals surface area (Å²) in [6, 6.07) is 3.09. The van der Waals surface area contributed by atoms with Crippen molar-refractivity contribution in [2.75, 3.05) is 31.1 Å². The Labute approximate surface area is 127 Å². The lowest BCUT2D eigenvalue weighted by atomic mass is 9.95. The minimum atomic E-state index is -1.53. The summed E-state index contributed by atoms with van der Waals surface area (Å²) in [5.74, 6) is 0.848. The van der Waals surface area contributed by atoms with Crippen LogP contribution in [0.25, 0.3) is 0 Å². The van der Waals surface area contributed by atoms with Crippen LogP contribution in [0.5, 0.6) is 0 Å². The highest BCUT2D eigenvalue weighted by Gasteiger charge is 2.27. The topological polar surface area (TPSA) is 61.9 Å². The molecule has 1 heterocycles. The second kappa shape index (κ2) is 6.62. The highest BCUT2D eigenvalue weighted by atomic mass is 32.2. The summed E-state index contributed by atoms with van der Waals surface area (Å²) in [5.41, 5.74) is 4.37. The van der Waals surface area contributed by atoms with Gasteiger partial charge in [-0.1, -0.05) is 6.07 Å². The van der Waals surface area contributed by atoms with E-state index in [1.807, 2.05) is 16.7 Å². The smallest absolute Gasteiger partial charge is 0.191 e. The number of aliphatic imine (C=N–C) groups is 1. The average Bonchev–Trinajstić information content (AvgIpc) is 2.45. The summed E-state index contributed by atoms with van der Waals surface area (Å²) in [4.78, 5) is 6.10. The second-order valence-electron chi connectivity index (χ2n) is 5.17. The van der Waals surface area contributed by atoms with Crippen LogP contribution >= 0.6 is 11.8 Å². The molecule has 116 valence electrons. The quantitative estimate of drug-likeness (QED) is 0.656. The van der Waals surface area contributed by atoms with E-state index in [9.17, 15) is 13.9 Å². The highest BCUT2D eigenvalue weighted by Crippen LogP contribution is 2.24. The fourth-order valence-electron chi connectivity index (χ4n) is 2.14. The molecular formula is C14H19F2N3OS. The molecule has 1 aliphatic rings. The van der Waals surface area contributed by atoms with Gasteiger partial charge in [-0.2, -0.15) is 11.8 Å². The van der Waals surface area contributed by atoms with Crippen molar-refractivity contribution in [3.8, 4) is 0 Å². The Morgan fingerprint density at radius 1 is 1.43 bits per heavy atom. The minimum absolute atomic E-state index is 0.00893. The summed E-state index contributed by atoms with van der Waals surface area (Å²) in [5, 5.41) is 10.4. The van der Waals surface area contributed by atoms with Crippen molar-refractivity contribution in [1.29, 1.82) is 0 Å². The molecule has 2 rings (SSSR count). The second-order valence-corrected chi connectivity index (χ2v) is 6.40. The Morgan fingerprint density at radius 3 is 2.71 bits per heavy atom. The monoisotopic (exact) mass is 315 g/mol. The molecule has 4 nitrogen and oxygen atoms in total. The lowest BCUT2D eigenvalue weighted by molar-refractivity contribution is 0.0630. The Bertz CT molecular complexity index is 531. The third-order valence-corrected chi connectivity index (χ3v) is 4.34. The first-order valence-electron chi connectivity index (χ1n) is 6.71. The van der Waals surface area contributed by atoms with E-state index < -0.39 is 17.2 Å². The van der Waals surface area contributed by atoms with Crippen molar-refractivity contribution in [3.63, 3.8) is 0 Å². The molecule has 0 aliphatic carbocycles. The number of guanidine groups is 1. The lowest BCUT2D eigenvalue weighted by Gasteiger charge is -2.28. The molecular weight excluding hydrogens is 296 g/mol. The number of nitrogens with two attached hydrogens (primary N) is 1. The number of halogens is 2. The van der Waals surface area contributed by atoms with Gasteiger partial charge in [0.25, 0.3) is 0 Å². The van der Waals surface area contributed by atoms with E-state index in [1.54, 1.807) is 0 Å². The number of aliphatic hydroxyl groups is 1. The number of nitrogens with zero attached hydrogens (tertiary/aromatic N) is 2. The third kappa shape index (κ3) is 4.07. The fourth-order valence-corrected chi connectivity index (χ4v) is 3.04. The van der Waals surface area contributed by atoms with Gasteiger partial charge in [0.2, 0.25) is 0 Å². The molecule has 1 aromatic rings. The van der Waals surface area contributed by atoms with Crippen molar-refractivity contribution in [2.45, 2.75) is 12.5 Å². The maximum atomic E-state index is 13.7. The van der Waals surface area contributed by atoms with Gasteiger partial charge in [-0.25, -0.2) is 13.8 Å². The predicted octanol–water partition coefficient (Wildman–Crippen LogP) is 1.54. The molecule has 1 atom stereocenters. The van der Waals surface area contributed by atoms with E-state index >= 15 is 0 Å². The van der Waals surface area contributed by atoms with Gasteiger partial charge < -0.3 is 15.7 Å². The van der Waals surface area contributed by atoms with Crippen molar-refractivity contribution in [3.05, 3.63) is 35.4 Å². The first-order valence-corrected chi connectivity index (χ1v) is 7.86. The van der Waals surface area contributed by atoms with E-state index in [-0.39, 0.29) is 12.1 Å². The van der Waals surface area contributed by atoms with Gasteiger partial charge in [-0.05, 0) is 13.0 Å². The van der Waals surface area contributed by atoms with Crippen LogP contribution in [0.2, 0.25) is 0 Å². The van der Waals surface area contributed by atoms with Crippen LogP contribution in [0.4, 0.5) is 8.78 Å². The van der Waals surface area contributed by atoms with Crippen LogP contribution in [-0.2, 0) is 5.60 Å². The van der Waals surface area contributed by atoms with Gasteiger partial charge in [-0.3, -0.25) is 0 Å². The standard InChI is InChI=1S/C14H19F2N3OS/c1-14(20,11-3-2-10(15)8-12(11)16)9-18-13(17)19-4-6-21-7-5-19/h2-3,8,20H,4-7,9H2,1H3,(H2,17,18). The Kier molecular flexibility index (Phi) is 5.05. The zero-order valence-electron chi connectivity index (χ0n) is 11.9. The zero-order chi connectivity index (χ0) is 15.5. The fraction of sp³-hybridized carbons (Fsp3) is 0.500. The molecule has 1 aliphatic heterocycles. The van der Waals surface area contributed by atoms with Gasteiger partial charge in [-0.15, -0.1) is 0 Å². The SMILES string of the molecule is CC(O)(CN=C(N)N1CCSCC1)c1ccc(F)cc1F. The summed E-state index contributed by atoms with van der Waals surface area (Å²) in [6.07, 6.45) is 0. The summed E-state index contributed by atoms with van der Waals surface area (Å²) >= 11 is 1.85. The van der Waals surface area contributed by atoms with E-state index in [4.69, 9.17) is 5.73 Å². The molecule has 0 spiro atoms. The molecule has 0 saturated carbocycles. The summed E-state index contributed by atoms with van der Waals surface area (Å²) < 4.78 is 26.6. The largest absolute Gasteiger partial charge is 0.383 e. The minimum Gasteiger partial charge on any atom is -0.383 e. The molecule has 1 unspecified atom stereocenters. The normalized spacial score (nSPS) is 19.4. The zero-order valence-corrected chi connectivity index (χ0v) is 12.7. The van der Waals surface area contributed by atoms with Gasteiger partial charge in [0, 0.05) is 36.2 Å². The van der Waals surface area contributed by atoms with Gasteiger partial charge in [0.05, 0.1) is 6.54 Å². The first-order chi connectivity index (χ1) is 9.90. The van der Waals surface area contributed by atoms with Crippen molar-refractivity contribution in [1.82, 2.24) is 4.90 Å². The van der Waals surface area contributed by atoms with Crippen LogP contribution < -0.4 is 5.73 Å². The number of benzene rings is 1. The predicted molar refractivity (Wildman–Crippen MR) is 81.3 cm³/mol. The molecule has 21 heavy (non-hydrogen) atoms. The molecule has 7 heteroatoms. The maximum Gasteiger partial charge on any atom is 0.191 e. The Hall–Kier alpha value is -1.34. The molecule has 0 amide bonds. The van der Waals surface area contributed by atoms with Crippen LogP contribution in [0.1, 0.15) is 12.5 Å². The average molecular weight is 315 g/mol. The first kappa shape index (κ1) is 16.0. The number of thioether (sulfide) groups is 1. The van der Waals surface area contributed by atoms with Gasteiger partial charge in [0.15, 0.2) is 5.96 Å². The molecule has 1 saturated heterocycles. The van der Waals surface area contributed by atoms with Crippen LogP contribution in [0.3, 0.4) is 0 Å². The lowest BCUT2D eigenvalue weighted by Crippen LogP contribution is -2.43. The van der Waals surface area contributed by atoms with E-state index in [0.29, 0.717) is 5.96 Å². The summed E-state index contributed by atoms with van der Waals surface area (Å²) in [7, 11) is 0. The van der Waals surface area contributed by atoms with E-state index in [2.05, 4.69) is 4.99 Å². The number of hydrogen-bond donors (Lipinski definition) is 2. The van der Waals surface area contributed by atoms with E-state index in [1.165, 1.54) is 13.0 Å². The van der Waals surface area contributed by atoms with Crippen LogP contribution in [0.15, 0.2) is 23.2 Å². The van der Waals surface area contributed by atoms with Crippen molar-refractivity contribution >= 4 is 17.7 Å². The third-order valence-electron chi connectivity index (χ3n) is 3.40. The molecule has 0 bridgehead atoms. The van der Waals surface area contributed by atoms with Crippen LogP contribution in [0, 0.1) is 11.6 Å².